The summed E-state index contributed by atoms with van der Waals surface area (Å²) in [5.74, 6) is 1.59. The summed E-state index contributed by atoms with van der Waals surface area (Å²) in [5, 5.41) is 0.248. The van der Waals surface area contributed by atoms with Gasteiger partial charge in [-0.05, 0) is 23.2 Å². The van der Waals surface area contributed by atoms with Crippen molar-refractivity contribution in [3.63, 3.8) is 0 Å². The molecule has 17 heavy (non-hydrogen) atoms. The normalized spacial score (nSPS) is 11.7. The van der Waals surface area contributed by atoms with Gasteiger partial charge in [-0.1, -0.05) is 42.9 Å². The highest BCUT2D eigenvalue weighted by Gasteiger charge is 2.25. The molecule has 0 saturated carbocycles. The third-order valence-corrected chi connectivity index (χ3v) is 6.41. The SMILES string of the molecule is COc1ccc(Br)cc1OCC(C)(C)[Si](C)C. The Morgan fingerprint density at radius 2 is 1.88 bits per heavy atom. The predicted octanol–water partition coefficient (Wildman–Crippen LogP) is 4.37. The number of hydrogen-bond acceptors (Lipinski definition) is 2. The second-order valence-electron chi connectivity index (χ2n) is 4.97. The van der Waals surface area contributed by atoms with Crippen LogP contribution in [0.4, 0.5) is 0 Å². The molecule has 95 valence electrons. The van der Waals surface area contributed by atoms with Gasteiger partial charge in [0.15, 0.2) is 11.5 Å². The van der Waals surface area contributed by atoms with Crippen molar-refractivity contribution in [1.29, 1.82) is 0 Å². The maximum absolute atomic E-state index is 5.91. The van der Waals surface area contributed by atoms with Crippen LogP contribution >= 0.6 is 15.9 Å². The van der Waals surface area contributed by atoms with E-state index >= 15 is 0 Å². The number of benzene rings is 1. The molecule has 0 amide bonds. The molecule has 1 aromatic rings. The minimum atomic E-state index is -0.387. The summed E-state index contributed by atoms with van der Waals surface area (Å²) < 4.78 is 12.2. The van der Waals surface area contributed by atoms with Gasteiger partial charge in [-0.3, -0.25) is 0 Å². The minimum Gasteiger partial charge on any atom is -0.493 e. The molecule has 0 spiro atoms. The standard InChI is InChI=1S/C13H20BrO2Si/c1-13(2,17(4)5)9-16-12-8-10(14)6-7-11(12)15-3/h6-8H,9H2,1-5H3. The van der Waals surface area contributed by atoms with Crippen molar-refractivity contribution in [1.82, 2.24) is 0 Å². The third kappa shape index (κ3) is 4.03. The Morgan fingerprint density at radius 3 is 2.41 bits per heavy atom. The summed E-state index contributed by atoms with van der Waals surface area (Å²) in [7, 11) is 1.28. The van der Waals surface area contributed by atoms with E-state index in [-0.39, 0.29) is 13.8 Å². The summed E-state index contributed by atoms with van der Waals surface area (Å²) in [6.07, 6.45) is 0. The van der Waals surface area contributed by atoms with Crippen LogP contribution in [0.25, 0.3) is 0 Å². The highest BCUT2D eigenvalue weighted by atomic mass is 79.9. The van der Waals surface area contributed by atoms with Crippen LogP contribution in [0.15, 0.2) is 22.7 Å². The number of ether oxygens (including phenoxy) is 2. The number of methoxy groups -OCH3 is 1. The fourth-order valence-electron chi connectivity index (χ4n) is 1.17. The molecule has 0 N–H and O–H groups in total. The molecule has 1 rings (SSSR count). The molecular formula is C13H20BrO2Si. The molecular weight excluding hydrogens is 296 g/mol. The van der Waals surface area contributed by atoms with Crippen molar-refractivity contribution in [3.8, 4) is 11.5 Å². The van der Waals surface area contributed by atoms with E-state index in [2.05, 4.69) is 42.9 Å². The van der Waals surface area contributed by atoms with Crippen molar-refractivity contribution >= 4 is 24.7 Å². The van der Waals surface area contributed by atoms with E-state index in [1.807, 2.05) is 18.2 Å². The molecule has 2 nitrogen and oxygen atoms in total. The lowest BCUT2D eigenvalue weighted by Gasteiger charge is -2.28. The lowest BCUT2D eigenvalue weighted by atomic mass is 10.2. The Morgan fingerprint density at radius 1 is 1.24 bits per heavy atom. The van der Waals surface area contributed by atoms with Crippen LogP contribution in [-0.4, -0.2) is 22.5 Å². The van der Waals surface area contributed by atoms with Gasteiger partial charge < -0.3 is 9.47 Å². The molecule has 0 aliphatic heterocycles. The quantitative estimate of drug-likeness (QED) is 0.751. The largest absolute Gasteiger partial charge is 0.493 e. The maximum atomic E-state index is 5.91. The molecule has 0 aliphatic carbocycles. The molecule has 0 saturated heterocycles. The average molecular weight is 316 g/mol. The fraction of sp³-hybridized carbons (Fsp3) is 0.538. The van der Waals surface area contributed by atoms with Crippen LogP contribution in [0.2, 0.25) is 18.1 Å². The average Bonchev–Trinajstić information content (AvgIpc) is 2.26. The highest BCUT2D eigenvalue weighted by Crippen LogP contribution is 2.34. The monoisotopic (exact) mass is 315 g/mol. The van der Waals surface area contributed by atoms with Gasteiger partial charge in [0.2, 0.25) is 0 Å². The third-order valence-electron chi connectivity index (χ3n) is 3.07. The van der Waals surface area contributed by atoms with Crippen molar-refractivity contribution < 1.29 is 9.47 Å². The first kappa shape index (κ1) is 14.6. The van der Waals surface area contributed by atoms with Crippen LogP contribution < -0.4 is 9.47 Å². The number of hydrogen-bond donors (Lipinski definition) is 0. The summed E-state index contributed by atoms with van der Waals surface area (Å²) in [6.45, 7) is 9.86. The molecule has 0 aliphatic rings. The summed E-state index contributed by atoms with van der Waals surface area (Å²) in [6, 6.07) is 5.81. The van der Waals surface area contributed by atoms with E-state index in [1.165, 1.54) is 0 Å². The van der Waals surface area contributed by atoms with Gasteiger partial charge in [0.1, 0.15) is 0 Å². The van der Waals surface area contributed by atoms with Crippen LogP contribution in [0.1, 0.15) is 13.8 Å². The van der Waals surface area contributed by atoms with Gasteiger partial charge in [-0.2, -0.15) is 0 Å². The van der Waals surface area contributed by atoms with Crippen LogP contribution in [0.5, 0.6) is 11.5 Å². The molecule has 1 aromatic carbocycles. The molecule has 1 radical (unpaired) electrons. The predicted molar refractivity (Wildman–Crippen MR) is 77.7 cm³/mol. The van der Waals surface area contributed by atoms with E-state index < -0.39 is 0 Å². The topological polar surface area (TPSA) is 18.5 Å². The zero-order valence-corrected chi connectivity index (χ0v) is 13.7. The van der Waals surface area contributed by atoms with E-state index in [9.17, 15) is 0 Å². The van der Waals surface area contributed by atoms with Crippen molar-refractivity contribution in [2.75, 3.05) is 13.7 Å². The summed E-state index contributed by atoms with van der Waals surface area (Å²) >= 11 is 3.45. The van der Waals surface area contributed by atoms with Gasteiger partial charge >= 0.3 is 0 Å². The number of rotatable bonds is 5. The Hall–Kier alpha value is -0.483. The molecule has 0 unspecified atom stereocenters. The first-order valence-corrected chi connectivity index (χ1v) is 8.93. The fourth-order valence-corrected chi connectivity index (χ4v) is 1.87. The Bertz CT molecular complexity index is 378. The van der Waals surface area contributed by atoms with Crippen molar-refractivity contribution in [2.24, 2.45) is 0 Å². The first-order chi connectivity index (χ1) is 7.86. The van der Waals surface area contributed by atoms with Crippen LogP contribution in [0.3, 0.4) is 0 Å². The van der Waals surface area contributed by atoms with Crippen molar-refractivity contribution in [2.45, 2.75) is 32.0 Å². The summed E-state index contributed by atoms with van der Waals surface area (Å²) in [4.78, 5) is 0. The second-order valence-corrected chi connectivity index (χ2v) is 9.24. The second kappa shape index (κ2) is 5.91. The van der Waals surface area contributed by atoms with Gasteiger partial charge in [0, 0.05) is 4.47 Å². The van der Waals surface area contributed by atoms with Crippen LogP contribution in [-0.2, 0) is 0 Å². The molecule has 4 heteroatoms. The molecule has 0 atom stereocenters. The van der Waals surface area contributed by atoms with E-state index in [4.69, 9.17) is 9.47 Å². The smallest absolute Gasteiger partial charge is 0.162 e. The van der Waals surface area contributed by atoms with Crippen molar-refractivity contribution in [3.05, 3.63) is 22.7 Å². The molecule has 0 aromatic heterocycles. The molecule has 0 heterocycles. The lowest BCUT2D eigenvalue weighted by molar-refractivity contribution is 0.261. The Labute approximate surface area is 114 Å². The molecule has 0 bridgehead atoms. The first-order valence-electron chi connectivity index (χ1n) is 5.64. The van der Waals surface area contributed by atoms with E-state index in [0.717, 1.165) is 22.6 Å². The summed E-state index contributed by atoms with van der Waals surface area (Å²) in [5.41, 5.74) is 0. The zero-order chi connectivity index (χ0) is 13.1. The molecule has 0 fully saturated rings. The van der Waals surface area contributed by atoms with Gasteiger partial charge in [0.25, 0.3) is 0 Å². The minimum absolute atomic E-state index is 0.248. The Kier molecular flexibility index (Phi) is 5.07. The highest BCUT2D eigenvalue weighted by molar-refractivity contribution is 9.10. The Balaban J connectivity index is 2.78. The van der Waals surface area contributed by atoms with Gasteiger partial charge in [-0.25, -0.2) is 0 Å². The van der Waals surface area contributed by atoms with Crippen LogP contribution in [0, 0.1) is 0 Å². The van der Waals surface area contributed by atoms with E-state index in [1.54, 1.807) is 7.11 Å². The number of halogens is 1. The van der Waals surface area contributed by atoms with E-state index in [0.29, 0.717) is 0 Å². The maximum Gasteiger partial charge on any atom is 0.162 e. The lowest BCUT2D eigenvalue weighted by Crippen LogP contribution is -2.27. The van der Waals surface area contributed by atoms with Gasteiger partial charge in [0.05, 0.1) is 22.5 Å². The van der Waals surface area contributed by atoms with Gasteiger partial charge in [-0.15, -0.1) is 0 Å². The zero-order valence-electron chi connectivity index (χ0n) is 11.1.